The van der Waals surface area contributed by atoms with Crippen LogP contribution in [-0.2, 0) is 32.0 Å². The molecular formula is C27H37N5O6S. The molecule has 9 N–H and O–H groups in total. The summed E-state index contributed by atoms with van der Waals surface area (Å²) in [5.74, 6) is -3.09. The third-order valence-electron chi connectivity index (χ3n) is 6.02. The van der Waals surface area contributed by atoms with Gasteiger partial charge in [-0.15, -0.1) is 0 Å². The van der Waals surface area contributed by atoms with E-state index in [9.17, 15) is 29.4 Å². The number of carboxylic acids is 1. The number of aliphatic carboxylic acids is 1. The lowest BCUT2D eigenvalue weighted by Crippen LogP contribution is -2.58. The number of unbranched alkanes of at least 4 members (excludes halogenated alkanes) is 1. The van der Waals surface area contributed by atoms with Crippen LogP contribution < -0.4 is 27.4 Å². The Balaban J connectivity index is 2.10. The summed E-state index contributed by atoms with van der Waals surface area (Å²) in [6.45, 7) is 0.405. The summed E-state index contributed by atoms with van der Waals surface area (Å²) in [5, 5.41) is 26.7. The van der Waals surface area contributed by atoms with Crippen LogP contribution in [0, 0.1) is 0 Å². The molecule has 0 aromatic heterocycles. The Kier molecular flexibility index (Phi) is 13.3. The van der Waals surface area contributed by atoms with E-state index >= 15 is 0 Å². The standard InChI is InChI=1S/C27H37N5O6S/c28-13-5-4-8-21(27(37)38)30-25(35)22(15-17-6-2-1-3-7-17)31-26(36)23(16-39)32-24(34)20(29)14-18-9-11-19(33)12-10-18/h1-3,6-7,9-12,20-23,33,39H,4-5,8,13-16,28-29H2,(H,30,35)(H,31,36)(H,32,34)(H,37,38). The van der Waals surface area contributed by atoms with Crippen LogP contribution in [-0.4, -0.2) is 70.4 Å². The molecule has 0 radical (unpaired) electrons. The third kappa shape index (κ3) is 11.0. The molecule has 0 saturated carbocycles. The minimum absolute atomic E-state index is 0.0694. The van der Waals surface area contributed by atoms with E-state index in [2.05, 4.69) is 28.6 Å². The van der Waals surface area contributed by atoms with E-state index in [4.69, 9.17) is 11.5 Å². The quantitative estimate of drug-likeness (QED) is 0.105. The molecule has 0 aliphatic carbocycles. The van der Waals surface area contributed by atoms with Gasteiger partial charge in [-0.3, -0.25) is 14.4 Å². The van der Waals surface area contributed by atoms with Crippen molar-refractivity contribution in [1.82, 2.24) is 16.0 Å². The predicted molar refractivity (Wildman–Crippen MR) is 150 cm³/mol. The molecule has 12 heteroatoms. The molecule has 0 saturated heterocycles. The number of aromatic hydroxyl groups is 1. The van der Waals surface area contributed by atoms with Crippen LogP contribution >= 0.6 is 12.6 Å². The van der Waals surface area contributed by atoms with E-state index in [1.54, 1.807) is 36.4 Å². The number of nitrogens with one attached hydrogen (secondary N) is 3. The van der Waals surface area contributed by atoms with Gasteiger partial charge in [-0.05, 0) is 55.5 Å². The van der Waals surface area contributed by atoms with Crippen LogP contribution in [0.15, 0.2) is 54.6 Å². The van der Waals surface area contributed by atoms with Crippen molar-refractivity contribution in [2.75, 3.05) is 12.3 Å². The lowest BCUT2D eigenvalue weighted by molar-refractivity contribution is -0.142. The summed E-state index contributed by atoms with van der Waals surface area (Å²) >= 11 is 4.18. The molecule has 4 atom stereocenters. The van der Waals surface area contributed by atoms with Gasteiger partial charge >= 0.3 is 5.97 Å². The molecule has 0 aliphatic rings. The zero-order chi connectivity index (χ0) is 28.8. The van der Waals surface area contributed by atoms with E-state index in [1.807, 2.05) is 6.07 Å². The van der Waals surface area contributed by atoms with Crippen molar-refractivity contribution in [2.45, 2.75) is 56.3 Å². The molecule has 2 aromatic rings. The number of hydrogen-bond donors (Lipinski definition) is 8. The highest BCUT2D eigenvalue weighted by atomic mass is 32.1. The van der Waals surface area contributed by atoms with Crippen LogP contribution in [0.4, 0.5) is 0 Å². The van der Waals surface area contributed by atoms with Gasteiger partial charge in [-0.1, -0.05) is 42.5 Å². The SMILES string of the molecule is NCCCCC(NC(=O)C(Cc1ccccc1)NC(=O)C(CS)NC(=O)C(N)Cc1ccc(O)cc1)C(=O)O. The van der Waals surface area contributed by atoms with Crippen LogP contribution in [0.2, 0.25) is 0 Å². The third-order valence-corrected chi connectivity index (χ3v) is 6.39. The normalized spacial score (nSPS) is 13.9. The monoisotopic (exact) mass is 559 g/mol. The summed E-state index contributed by atoms with van der Waals surface area (Å²) in [6.07, 6.45) is 1.59. The molecule has 3 amide bonds. The maximum Gasteiger partial charge on any atom is 0.326 e. The number of carbonyl (C=O) groups excluding carboxylic acids is 3. The van der Waals surface area contributed by atoms with Gasteiger partial charge in [0.2, 0.25) is 17.7 Å². The Morgan fingerprint density at radius 1 is 0.769 bits per heavy atom. The van der Waals surface area contributed by atoms with Crippen molar-refractivity contribution >= 4 is 36.3 Å². The highest BCUT2D eigenvalue weighted by Crippen LogP contribution is 2.11. The van der Waals surface area contributed by atoms with Crippen molar-refractivity contribution in [3.8, 4) is 5.75 Å². The first-order chi connectivity index (χ1) is 18.6. The Morgan fingerprint density at radius 3 is 1.92 bits per heavy atom. The van der Waals surface area contributed by atoms with E-state index in [-0.39, 0.29) is 30.8 Å². The number of thiol groups is 1. The second-order valence-corrected chi connectivity index (χ2v) is 9.52. The van der Waals surface area contributed by atoms with Crippen molar-refractivity contribution in [2.24, 2.45) is 11.5 Å². The van der Waals surface area contributed by atoms with Gasteiger partial charge in [-0.25, -0.2) is 4.79 Å². The lowest BCUT2D eigenvalue weighted by Gasteiger charge is -2.25. The van der Waals surface area contributed by atoms with Gasteiger partial charge in [-0.2, -0.15) is 12.6 Å². The molecule has 2 aromatic carbocycles. The van der Waals surface area contributed by atoms with Gasteiger partial charge in [0, 0.05) is 12.2 Å². The number of hydrogen-bond acceptors (Lipinski definition) is 8. The molecule has 0 spiro atoms. The number of rotatable bonds is 16. The second-order valence-electron chi connectivity index (χ2n) is 9.16. The molecule has 0 aliphatic heterocycles. The first-order valence-electron chi connectivity index (χ1n) is 12.7. The molecule has 11 nitrogen and oxygen atoms in total. The largest absolute Gasteiger partial charge is 0.508 e. The maximum absolute atomic E-state index is 13.1. The predicted octanol–water partition coefficient (Wildman–Crippen LogP) is 0.103. The minimum Gasteiger partial charge on any atom is -0.508 e. The second kappa shape index (κ2) is 16.4. The summed E-state index contributed by atoms with van der Waals surface area (Å²) < 4.78 is 0. The average Bonchev–Trinajstić information content (AvgIpc) is 2.92. The highest BCUT2D eigenvalue weighted by molar-refractivity contribution is 7.80. The number of carboxylic acid groups (broad SMARTS) is 1. The van der Waals surface area contributed by atoms with Crippen LogP contribution in [0.3, 0.4) is 0 Å². The Morgan fingerprint density at radius 2 is 1.33 bits per heavy atom. The zero-order valence-corrected chi connectivity index (χ0v) is 22.5. The molecule has 0 fully saturated rings. The van der Waals surface area contributed by atoms with Gasteiger partial charge in [0.15, 0.2) is 0 Å². The first-order valence-corrected chi connectivity index (χ1v) is 13.3. The number of phenols is 1. The van der Waals surface area contributed by atoms with Gasteiger partial charge in [0.05, 0.1) is 6.04 Å². The zero-order valence-electron chi connectivity index (χ0n) is 21.6. The van der Waals surface area contributed by atoms with Crippen molar-refractivity contribution in [3.05, 3.63) is 65.7 Å². The van der Waals surface area contributed by atoms with Crippen molar-refractivity contribution in [1.29, 1.82) is 0 Å². The smallest absolute Gasteiger partial charge is 0.326 e. The Bertz CT molecular complexity index is 1090. The minimum atomic E-state index is -1.19. The fourth-order valence-electron chi connectivity index (χ4n) is 3.81. The van der Waals surface area contributed by atoms with E-state index in [1.165, 1.54) is 12.1 Å². The average molecular weight is 560 g/mol. The van der Waals surface area contributed by atoms with Crippen LogP contribution in [0.25, 0.3) is 0 Å². The van der Waals surface area contributed by atoms with Crippen molar-refractivity contribution < 1.29 is 29.4 Å². The molecule has 0 heterocycles. The number of benzene rings is 2. The number of carbonyl (C=O) groups is 4. The molecule has 39 heavy (non-hydrogen) atoms. The Hall–Kier alpha value is -3.61. The van der Waals surface area contributed by atoms with Crippen LogP contribution in [0.5, 0.6) is 5.75 Å². The summed E-state index contributed by atoms with van der Waals surface area (Å²) in [4.78, 5) is 50.6. The maximum atomic E-state index is 13.1. The van der Waals surface area contributed by atoms with Gasteiger partial charge in [0.1, 0.15) is 23.9 Å². The molecular weight excluding hydrogens is 522 g/mol. The van der Waals surface area contributed by atoms with Crippen molar-refractivity contribution in [3.63, 3.8) is 0 Å². The fraction of sp³-hybridized carbons (Fsp3) is 0.407. The highest BCUT2D eigenvalue weighted by Gasteiger charge is 2.30. The summed E-state index contributed by atoms with van der Waals surface area (Å²) in [5.41, 5.74) is 13.0. The molecule has 2 rings (SSSR count). The topological polar surface area (TPSA) is 197 Å². The molecule has 4 unspecified atom stereocenters. The molecule has 212 valence electrons. The van der Waals surface area contributed by atoms with E-state index in [0.717, 1.165) is 11.1 Å². The first kappa shape index (κ1) is 31.6. The summed E-state index contributed by atoms with van der Waals surface area (Å²) in [7, 11) is 0. The molecule has 0 bridgehead atoms. The van der Waals surface area contributed by atoms with Crippen LogP contribution in [0.1, 0.15) is 30.4 Å². The van der Waals surface area contributed by atoms with Gasteiger partial charge in [0.25, 0.3) is 0 Å². The lowest BCUT2D eigenvalue weighted by atomic mass is 10.0. The number of amides is 3. The summed E-state index contributed by atoms with van der Waals surface area (Å²) in [6, 6.07) is 10.8. The van der Waals surface area contributed by atoms with E-state index in [0.29, 0.717) is 19.4 Å². The number of phenolic OH excluding ortho intramolecular Hbond substituents is 1. The Labute approximate surface area is 233 Å². The van der Waals surface area contributed by atoms with E-state index < -0.39 is 47.9 Å². The van der Waals surface area contributed by atoms with Gasteiger partial charge < -0.3 is 37.6 Å². The fourth-order valence-corrected chi connectivity index (χ4v) is 4.06. The number of nitrogens with two attached hydrogens (primary N) is 2.